The van der Waals surface area contributed by atoms with Gasteiger partial charge in [-0.3, -0.25) is 19.7 Å². The Kier molecular flexibility index (Phi) is 2.68. The number of nitro benzene ring substituents is 1. The highest BCUT2D eigenvalue weighted by molar-refractivity contribution is 6.07. The van der Waals surface area contributed by atoms with Gasteiger partial charge in [0.15, 0.2) is 0 Å². The average molecular weight is 337 g/mol. The first-order valence-electron chi connectivity index (χ1n) is 8.37. The molecule has 1 aliphatic heterocycles. The van der Waals surface area contributed by atoms with Crippen LogP contribution >= 0.6 is 0 Å². The van der Waals surface area contributed by atoms with Gasteiger partial charge in [-0.25, -0.2) is 0 Å². The number of carbonyl (C=O) groups is 2. The third kappa shape index (κ3) is 1.78. The molecule has 7 nitrogen and oxygen atoms in total. The molecule has 3 aliphatic carbocycles. The molecule has 2 amide bonds. The maximum Gasteiger partial charge on any atom is 0.270 e. The van der Waals surface area contributed by atoms with E-state index in [4.69, 9.17) is 0 Å². The summed E-state index contributed by atoms with van der Waals surface area (Å²) >= 11 is 0. The van der Waals surface area contributed by atoms with Crippen molar-refractivity contribution < 1.29 is 14.5 Å². The number of allylic oxidation sites excluding steroid dienone is 2. The summed E-state index contributed by atoms with van der Waals surface area (Å²) in [4.78, 5) is 35.8. The summed E-state index contributed by atoms with van der Waals surface area (Å²) in [5, 5.41) is 15.9. The molecule has 0 N–H and O–H groups in total. The topological polar surface area (TPSA) is 92.9 Å². The van der Waals surface area contributed by atoms with Gasteiger partial charge in [-0.15, -0.1) is 0 Å². The Morgan fingerprint density at radius 3 is 2.36 bits per heavy atom. The molecule has 126 valence electrons. The van der Waals surface area contributed by atoms with Gasteiger partial charge in [-0.05, 0) is 30.1 Å². The van der Waals surface area contributed by atoms with Crippen LogP contribution < -0.4 is 0 Å². The molecule has 1 aromatic carbocycles. The highest BCUT2D eigenvalue weighted by atomic mass is 16.6. The number of amides is 2. The van der Waals surface area contributed by atoms with Crippen LogP contribution in [0, 0.1) is 39.2 Å². The summed E-state index contributed by atoms with van der Waals surface area (Å²) in [6.07, 6.45) is 7.75. The van der Waals surface area contributed by atoms with Crippen molar-refractivity contribution in [2.24, 2.45) is 34.2 Å². The standard InChI is InChI=1S/C18H15N3O4/c22-16-14-12-4-5-13(18(12)6-7-18)15(14)17(23)20(16)19-9-10-2-1-3-11(8-10)21(24)25/h1-5,8-9,12-15H,6-7H2/b19-9-/t12-,13-,14-,15-/m0/s1. The smallest absolute Gasteiger partial charge is 0.270 e. The summed E-state index contributed by atoms with van der Waals surface area (Å²) in [5.74, 6) is -0.715. The van der Waals surface area contributed by atoms with Crippen molar-refractivity contribution in [2.75, 3.05) is 0 Å². The zero-order valence-electron chi connectivity index (χ0n) is 13.2. The van der Waals surface area contributed by atoms with E-state index in [1.54, 1.807) is 12.1 Å². The predicted molar refractivity (Wildman–Crippen MR) is 87.3 cm³/mol. The Bertz CT molecular complexity index is 852. The van der Waals surface area contributed by atoms with Gasteiger partial charge in [-0.2, -0.15) is 10.1 Å². The molecule has 0 radical (unpaired) electrons. The van der Waals surface area contributed by atoms with Crippen LogP contribution in [0.25, 0.3) is 0 Å². The number of non-ortho nitro benzene ring substituents is 1. The zero-order chi connectivity index (χ0) is 17.3. The summed E-state index contributed by atoms with van der Waals surface area (Å²) in [7, 11) is 0. The summed E-state index contributed by atoms with van der Waals surface area (Å²) in [5.41, 5.74) is 0.584. The minimum absolute atomic E-state index is 0.0576. The van der Waals surface area contributed by atoms with Crippen LogP contribution in [0.3, 0.4) is 0 Å². The Hall–Kier alpha value is -2.83. The van der Waals surface area contributed by atoms with Crippen molar-refractivity contribution in [1.29, 1.82) is 0 Å². The Morgan fingerprint density at radius 1 is 1.16 bits per heavy atom. The molecule has 5 rings (SSSR count). The molecule has 1 spiro atoms. The number of nitrogens with zero attached hydrogens (tertiary/aromatic N) is 3. The molecule has 2 bridgehead atoms. The summed E-state index contributed by atoms with van der Waals surface area (Å²) < 4.78 is 0. The van der Waals surface area contributed by atoms with Crippen molar-refractivity contribution in [1.82, 2.24) is 5.01 Å². The fourth-order valence-electron chi connectivity index (χ4n) is 5.02. The number of hydrogen-bond acceptors (Lipinski definition) is 5. The Balaban J connectivity index is 1.42. The number of fused-ring (bicyclic) bond motifs is 3. The number of rotatable bonds is 3. The lowest BCUT2D eigenvalue weighted by atomic mass is 9.85. The Morgan fingerprint density at radius 2 is 1.80 bits per heavy atom. The molecule has 0 aromatic heterocycles. The van der Waals surface area contributed by atoms with E-state index in [0.717, 1.165) is 17.9 Å². The molecule has 3 fully saturated rings. The van der Waals surface area contributed by atoms with Gasteiger partial charge in [0.25, 0.3) is 17.5 Å². The average Bonchev–Trinajstić information content (AvgIpc) is 3.20. The molecule has 1 heterocycles. The van der Waals surface area contributed by atoms with Gasteiger partial charge in [0, 0.05) is 17.7 Å². The van der Waals surface area contributed by atoms with Crippen LogP contribution in [-0.2, 0) is 9.59 Å². The van der Waals surface area contributed by atoms with E-state index in [-0.39, 0.29) is 46.6 Å². The quantitative estimate of drug-likeness (QED) is 0.278. The van der Waals surface area contributed by atoms with E-state index in [0.29, 0.717) is 5.56 Å². The summed E-state index contributed by atoms with van der Waals surface area (Å²) in [6, 6.07) is 5.93. The predicted octanol–water partition coefficient (Wildman–Crippen LogP) is 2.13. The molecular weight excluding hydrogens is 322 g/mol. The first kappa shape index (κ1) is 14.5. The third-order valence-corrected chi connectivity index (χ3v) is 6.23. The van der Waals surface area contributed by atoms with E-state index < -0.39 is 4.92 Å². The van der Waals surface area contributed by atoms with Crippen molar-refractivity contribution in [3.63, 3.8) is 0 Å². The second-order valence-electron chi connectivity index (χ2n) is 7.31. The lowest BCUT2D eigenvalue weighted by molar-refractivity contribution is -0.384. The van der Waals surface area contributed by atoms with Gasteiger partial charge < -0.3 is 0 Å². The Labute approximate surface area is 143 Å². The molecular formula is C18H15N3O4. The van der Waals surface area contributed by atoms with E-state index in [9.17, 15) is 19.7 Å². The molecule has 1 saturated heterocycles. The number of imide groups is 1. The molecule has 7 heteroatoms. The summed E-state index contributed by atoms with van der Waals surface area (Å²) in [6.45, 7) is 0. The lowest BCUT2D eigenvalue weighted by Crippen LogP contribution is -2.30. The minimum atomic E-state index is -0.494. The number of benzene rings is 1. The highest BCUT2D eigenvalue weighted by Crippen LogP contribution is 2.73. The maximum atomic E-state index is 12.7. The number of hydrogen-bond donors (Lipinski definition) is 0. The molecule has 0 unspecified atom stereocenters. The number of carbonyl (C=O) groups excluding carboxylic acids is 2. The first-order valence-corrected chi connectivity index (χ1v) is 8.37. The van der Waals surface area contributed by atoms with E-state index in [1.165, 1.54) is 18.3 Å². The first-order chi connectivity index (χ1) is 12.0. The van der Waals surface area contributed by atoms with Gasteiger partial charge in [0.2, 0.25) is 0 Å². The lowest BCUT2D eigenvalue weighted by Gasteiger charge is -2.18. The SMILES string of the molecule is O=C1[C@@H]2[C@@H](C(=O)N1/N=C\c1cccc([N+](=O)[O-])c1)[C@@H]1C=C[C@@H]2C12CC2. The normalized spacial score (nSPS) is 33.7. The number of hydrazone groups is 1. The van der Waals surface area contributed by atoms with Crippen LogP contribution in [0.5, 0.6) is 0 Å². The van der Waals surface area contributed by atoms with Gasteiger partial charge >= 0.3 is 0 Å². The van der Waals surface area contributed by atoms with Crippen molar-refractivity contribution in [2.45, 2.75) is 12.8 Å². The second-order valence-corrected chi connectivity index (χ2v) is 7.31. The molecule has 4 atom stereocenters. The number of nitro groups is 1. The van der Waals surface area contributed by atoms with Crippen LogP contribution in [0.1, 0.15) is 18.4 Å². The molecule has 25 heavy (non-hydrogen) atoms. The van der Waals surface area contributed by atoms with E-state index in [1.807, 2.05) is 0 Å². The van der Waals surface area contributed by atoms with Crippen molar-refractivity contribution in [3.05, 3.63) is 52.1 Å². The molecule has 2 saturated carbocycles. The van der Waals surface area contributed by atoms with Crippen LogP contribution in [0.2, 0.25) is 0 Å². The van der Waals surface area contributed by atoms with E-state index >= 15 is 0 Å². The second kappa shape index (κ2) is 4.62. The van der Waals surface area contributed by atoms with Gasteiger partial charge in [0.05, 0.1) is 23.0 Å². The van der Waals surface area contributed by atoms with Crippen molar-refractivity contribution in [3.8, 4) is 0 Å². The van der Waals surface area contributed by atoms with E-state index in [2.05, 4.69) is 17.3 Å². The minimum Gasteiger partial charge on any atom is -0.272 e. The fourth-order valence-corrected chi connectivity index (χ4v) is 5.02. The molecule has 4 aliphatic rings. The molecule has 1 aromatic rings. The van der Waals surface area contributed by atoms with Crippen LogP contribution in [0.4, 0.5) is 5.69 Å². The maximum absolute atomic E-state index is 12.7. The van der Waals surface area contributed by atoms with Gasteiger partial charge in [-0.1, -0.05) is 24.3 Å². The highest BCUT2D eigenvalue weighted by Gasteiger charge is 2.73. The van der Waals surface area contributed by atoms with Crippen molar-refractivity contribution >= 4 is 23.7 Å². The monoisotopic (exact) mass is 337 g/mol. The largest absolute Gasteiger partial charge is 0.272 e. The van der Waals surface area contributed by atoms with Crippen LogP contribution in [0.15, 0.2) is 41.5 Å². The zero-order valence-corrected chi connectivity index (χ0v) is 13.2. The van der Waals surface area contributed by atoms with Gasteiger partial charge in [0.1, 0.15) is 0 Å². The fraction of sp³-hybridized carbons (Fsp3) is 0.389. The van der Waals surface area contributed by atoms with Crippen LogP contribution in [-0.4, -0.2) is 28.0 Å². The third-order valence-electron chi connectivity index (χ3n) is 6.23.